The number of aromatic nitrogens is 1. The third-order valence-electron chi connectivity index (χ3n) is 3.13. The minimum Gasteiger partial charge on any atom is -0.357 e. The zero-order valence-corrected chi connectivity index (χ0v) is 10.3. The average Bonchev–Trinajstić information content (AvgIpc) is 3.09. The summed E-state index contributed by atoms with van der Waals surface area (Å²) in [5.41, 5.74) is 1.81. The summed E-state index contributed by atoms with van der Waals surface area (Å²) in [6.07, 6.45) is 2.44. The first-order valence-electron chi connectivity index (χ1n) is 5.80. The lowest BCUT2D eigenvalue weighted by molar-refractivity contribution is 0.944. The van der Waals surface area contributed by atoms with Crippen LogP contribution >= 0.6 is 11.3 Å². The molecule has 3 nitrogen and oxygen atoms in total. The van der Waals surface area contributed by atoms with Crippen molar-refractivity contribution in [2.45, 2.75) is 12.8 Å². The minimum absolute atomic E-state index is 0.760. The van der Waals surface area contributed by atoms with Crippen LogP contribution in [0.2, 0.25) is 0 Å². The summed E-state index contributed by atoms with van der Waals surface area (Å²) < 4.78 is 0. The molecule has 0 radical (unpaired) electrons. The van der Waals surface area contributed by atoms with E-state index in [1.54, 1.807) is 11.3 Å². The molecule has 3 heterocycles. The highest BCUT2D eigenvalue weighted by atomic mass is 32.1. The topological polar surface area (TPSA) is 42.8 Å². The second-order valence-electron chi connectivity index (χ2n) is 4.23. The van der Waals surface area contributed by atoms with Crippen molar-refractivity contribution in [3.8, 4) is 16.6 Å². The Morgan fingerprint density at radius 1 is 1.35 bits per heavy atom. The van der Waals surface area contributed by atoms with Gasteiger partial charge in [0, 0.05) is 13.1 Å². The Balaban J connectivity index is 2.01. The molecule has 4 heteroatoms. The molecule has 17 heavy (non-hydrogen) atoms. The lowest BCUT2D eigenvalue weighted by Crippen LogP contribution is -2.18. The highest BCUT2D eigenvalue weighted by Gasteiger charge is 2.19. The van der Waals surface area contributed by atoms with E-state index in [2.05, 4.69) is 27.4 Å². The van der Waals surface area contributed by atoms with Gasteiger partial charge in [0.05, 0.1) is 16.1 Å². The molecule has 0 spiro atoms. The van der Waals surface area contributed by atoms with E-state index in [1.807, 2.05) is 12.1 Å². The third-order valence-corrected chi connectivity index (χ3v) is 4.03. The molecule has 1 N–H and O–H groups in total. The van der Waals surface area contributed by atoms with Gasteiger partial charge in [-0.25, -0.2) is 0 Å². The molecule has 0 bridgehead atoms. The van der Waals surface area contributed by atoms with Crippen molar-refractivity contribution in [3.05, 3.63) is 29.1 Å². The molecular formula is C13H13N3S. The number of hydrogen-bond donors (Lipinski definition) is 1. The summed E-state index contributed by atoms with van der Waals surface area (Å²) >= 11 is 1.69. The van der Waals surface area contributed by atoms with Crippen molar-refractivity contribution in [2.75, 3.05) is 18.0 Å². The van der Waals surface area contributed by atoms with E-state index in [0.29, 0.717) is 0 Å². The van der Waals surface area contributed by atoms with E-state index in [4.69, 9.17) is 0 Å². The Morgan fingerprint density at radius 2 is 2.18 bits per heavy atom. The van der Waals surface area contributed by atoms with E-state index in [0.717, 1.165) is 30.2 Å². The predicted molar refractivity (Wildman–Crippen MR) is 70.3 cm³/mol. The molecule has 86 valence electrons. The Bertz CT molecular complexity index is 542. The van der Waals surface area contributed by atoms with Gasteiger partial charge in [-0.3, -0.25) is 0 Å². The molecule has 0 atom stereocenters. The first kappa shape index (κ1) is 10.4. The molecular weight excluding hydrogens is 230 g/mol. The maximum Gasteiger partial charge on any atom is 0.124 e. The molecule has 2 aromatic heterocycles. The van der Waals surface area contributed by atoms with E-state index >= 15 is 0 Å². The van der Waals surface area contributed by atoms with Crippen molar-refractivity contribution in [2.24, 2.45) is 0 Å². The smallest absolute Gasteiger partial charge is 0.124 e. The number of nitriles is 1. The largest absolute Gasteiger partial charge is 0.357 e. The Labute approximate surface area is 104 Å². The van der Waals surface area contributed by atoms with Crippen LogP contribution in [0.25, 0.3) is 10.6 Å². The van der Waals surface area contributed by atoms with Crippen molar-refractivity contribution in [1.82, 2.24) is 4.98 Å². The Morgan fingerprint density at radius 3 is 2.82 bits per heavy atom. The van der Waals surface area contributed by atoms with Gasteiger partial charge in [-0.05, 0) is 30.4 Å². The van der Waals surface area contributed by atoms with Crippen LogP contribution in [0.4, 0.5) is 5.82 Å². The monoisotopic (exact) mass is 243 g/mol. The molecule has 0 aromatic carbocycles. The van der Waals surface area contributed by atoms with Gasteiger partial charge in [0.2, 0.25) is 0 Å². The van der Waals surface area contributed by atoms with Gasteiger partial charge in [0.15, 0.2) is 0 Å². The predicted octanol–water partition coefficient (Wildman–Crippen LogP) is 3.22. The van der Waals surface area contributed by atoms with Crippen LogP contribution in [0.1, 0.15) is 18.4 Å². The van der Waals surface area contributed by atoms with Crippen LogP contribution in [0.3, 0.4) is 0 Å². The number of hydrogen-bond acceptors (Lipinski definition) is 3. The van der Waals surface area contributed by atoms with E-state index in [1.165, 1.54) is 17.7 Å². The fourth-order valence-corrected chi connectivity index (χ4v) is 2.98. The SMILES string of the molecule is N#Cc1cc(-c2cccs2)[nH]c1N1CCCC1. The third kappa shape index (κ3) is 1.83. The Kier molecular flexibility index (Phi) is 2.62. The van der Waals surface area contributed by atoms with Gasteiger partial charge in [0.25, 0.3) is 0 Å². The fraction of sp³-hybridized carbons (Fsp3) is 0.308. The van der Waals surface area contributed by atoms with Gasteiger partial charge >= 0.3 is 0 Å². The molecule has 0 saturated carbocycles. The Hall–Kier alpha value is -1.73. The average molecular weight is 243 g/mol. The van der Waals surface area contributed by atoms with Crippen molar-refractivity contribution >= 4 is 17.2 Å². The van der Waals surface area contributed by atoms with Gasteiger partial charge in [0.1, 0.15) is 11.9 Å². The van der Waals surface area contributed by atoms with E-state index in [9.17, 15) is 5.26 Å². The summed E-state index contributed by atoms with van der Waals surface area (Å²) in [6, 6.07) is 8.35. The maximum atomic E-state index is 9.20. The van der Waals surface area contributed by atoms with Gasteiger partial charge in [-0.1, -0.05) is 6.07 Å². The quantitative estimate of drug-likeness (QED) is 0.880. The zero-order valence-electron chi connectivity index (χ0n) is 9.44. The molecule has 1 aliphatic heterocycles. The first-order valence-corrected chi connectivity index (χ1v) is 6.68. The van der Waals surface area contributed by atoms with Crippen LogP contribution in [-0.4, -0.2) is 18.1 Å². The van der Waals surface area contributed by atoms with Crippen LogP contribution < -0.4 is 4.90 Å². The molecule has 3 rings (SSSR count). The summed E-state index contributed by atoms with van der Waals surface area (Å²) in [4.78, 5) is 6.85. The van der Waals surface area contributed by atoms with Gasteiger partial charge in [-0.2, -0.15) is 5.26 Å². The summed E-state index contributed by atoms with van der Waals surface area (Å²) in [6.45, 7) is 2.11. The van der Waals surface area contributed by atoms with Crippen molar-refractivity contribution in [3.63, 3.8) is 0 Å². The molecule has 0 aliphatic carbocycles. The molecule has 0 amide bonds. The maximum absolute atomic E-state index is 9.20. The first-order chi connectivity index (χ1) is 8.38. The number of thiophene rings is 1. The molecule has 1 aliphatic rings. The number of anilines is 1. The number of rotatable bonds is 2. The second kappa shape index (κ2) is 4.27. The molecule has 2 aromatic rings. The number of nitrogens with zero attached hydrogens (tertiary/aromatic N) is 2. The van der Waals surface area contributed by atoms with Crippen LogP contribution in [0, 0.1) is 11.3 Å². The molecule has 1 fully saturated rings. The standard InChI is InChI=1S/C13H13N3S/c14-9-10-8-11(12-4-3-7-17-12)15-13(10)16-5-1-2-6-16/h3-4,7-8,15H,1-2,5-6H2. The summed E-state index contributed by atoms with van der Waals surface area (Å²) in [5, 5.41) is 11.2. The summed E-state index contributed by atoms with van der Waals surface area (Å²) in [7, 11) is 0. The number of aromatic amines is 1. The highest BCUT2D eigenvalue weighted by molar-refractivity contribution is 7.13. The van der Waals surface area contributed by atoms with Gasteiger partial charge in [-0.15, -0.1) is 11.3 Å². The lowest BCUT2D eigenvalue weighted by atomic mass is 10.3. The summed E-state index contributed by atoms with van der Waals surface area (Å²) in [5.74, 6) is 0.994. The van der Waals surface area contributed by atoms with Crippen molar-refractivity contribution < 1.29 is 0 Å². The number of nitrogens with one attached hydrogen (secondary N) is 1. The fourth-order valence-electron chi connectivity index (χ4n) is 2.28. The van der Waals surface area contributed by atoms with Crippen LogP contribution in [0.5, 0.6) is 0 Å². The normalized spacial score (nSPS) is 15.1. The van der Waals surface area contributed by atoms with E-state index < -0.39 is 0 Å². The number of H-pyrrole nitrogens is 1. The van der Waals surface area contributed by atoms with Gasteiger partial charge < -0.3 is 9.88 Å². The van der Waals surface area contributed by atoms with Crippen LogP contribution in [-0.2, 0) is 0 Å². The molecule has 1 saturated heterocycles. The lowest BCUT2D eigenvalue weighted by Gasteiger charge is -2.15. The minimum atomic E-state index is 0.760. The highest BCUT2D eigenvalue weighted by Crippen LogP contribution is 2.31. The second-order valence-corrected chi connectivity index (χ2v) is 5.18. The zero-order chi connectivity index (χ0) is 11.7. The van der Waals surface area contributed by atoms with Crippen LogP contribution in [0.15, 0.2) is 23.6 Å². The molecule has 0 unspecified atom stereocenters. The van der Waals surface area contributed by atoms with E-state index in [-0.39, 0.29) is 0 Å². The van der Waals surface area contributed by atoms with Crippen molar-refractivity contribution in [1.29, 1.82) is 5.26 Å².